The summed E-state index contributed by atoms with van der Waals surface area (Å²) in [5.41, 5.74) is 10.1. The van der Waals surface area contributed by atoms with Crippen molar-refractivity contribution in [2.75, 3.05) is 18.0 Å². The smallest absolute Gasteiger partial charge is 0.141 e. The Kier molecular flexibility index (Phi) is 5.08. The second-order valence-electron chi connectivity index (χ2n) is 8.27. The normalized spacial score (nSPS) is 14.6. The molecule has 0 amide bonds. The van der Waals surface area contributed by atoms with Gasteiger partial charge in [0.05, 0.1) is 16.8 Å². The number of hydrogen-bond acceptors (Lipinski definition) is 5. The minimum atomic E-state index is -0.549. The summed E-state index contributed by atoms with van der Waals surface area (Å²) in [6, 6.07) is 16.9. The zero-order chi connectivity index (χ0) is 22.2. The maximum Gasteiger partial charge on any atom is 0.141 e. The fourth-order valence-corrected chi connectivity index (χ4v) is 4.27. The number of fused-ring (bicyclic) bond motifs is 1. The average Bonchev–Trinajstić information content (AvgIpc) is 3.18. The summed E-state index contributed by atoms with van der Waals surface area (Å²) in [6.07, 6.45) is 3.81. The van der Waals surface area contributed by atoms with Crippen LogP contribution < -0.4 is 10.6 Å². The predicted octanol–water partition coefficient (Wildman–Crippen LogP) is 4.24. The fraction of sp³-hybridized carbons (Fsp3) is 0.240. The fourth-order valence-electron chi connectivity index (χ4n) is 4.27. The maximum atomic E-state index is 14.5. The molecule has 1 aliphatic heterocycles. The molecule has 0 unspecified atom stereocenters. The van der Waals surface area contributed by atoms with E-state index >= 15 is 0 Å². The van der Waals surface area contributed by atoms with Crippen molar-refractivity contribution in [1.29, 1.82) is 5.26 Å². The summed E-state index contributed by atoms with van der Waals surface area (Å²) in [5, 5.41) is 14.7. The number of nitrogens with zero attached hydrogens (tertiary/aromatic N) is 5. The summed E-state index contributed by atoms with van der Waals surface area (Å²) >= 11 is 0. The third-order valence-electron chi connectivity index (χ3n) is 6.04. The van der Waals surface area contributed by atoms with Gasteiger partial charge in [0, 0.05) is 48.9 Å². The minimum absolute atomic E-state index is 0.0198. The number of nitrogens with two attached hydrogens (primary N) is 1. The lowest BCUT2D eigenvalue weighted by Crippen LogP contribution is -2.40. The van der Waals surface area contributed by atoms with Crippen molar-refractivity contribution in [3.8, 4) is 28.5 Å². The number of pyridine rings is 1. The Morgan fingerprint density at radius 1 is 1.06 bits per heavy atom. The molecule has 2 aromatic carbocycles. The molecule has 3 heterocycles. The maximum absolute atomic E-state index is 14.5. The van der Waals surface area contributed by atoms with Crippen molar-refractivity contribution >= 4 is 16.7 Å². The standard InChI is InChI=1S/C25H23FN6/c1-31-15-19-5-2-16(13-23(19)30-31)21-6-7-24(32-10-8-20(28)9-11-32)29-25(21)17-3-4-18(14-27)22(26)12-17/h2-7,12-13,15,20H,8-11,28H2,1H3. The number of piperidine rings is 1. The number of hydrogen-bond donors (Lipinski definition) is 1. The van der Waals surface area contributed by atoms with E-state index in [1.54, 1.807) is 10.7 Å². The monoisotopic (exact) mass is 426 g/mol. The first-order chi connectivity index (χ1) is 15.5. The first kappa shape index (κ1) is 20.2. The van der Waals surface area contributed by atoms with E-state index in [9.17, 15) is 4.39 Å². The molecule has 0 aliphatic carbocycles. The number of halogens is 1. The van der Waals surface area contributed by atoms with E-state index in [-0.39, 0.29) is 11.6 Å². The molecule has 0 spiro atoms. The number of aromatic nitrogens is 3. The second-order valence-corrected chi connectivity index (χ2v) is 8.27. The molecule has 1 aliphatic rings. The van der Waals surface area contributed by atoms with Crippen LogP contribution in [-0.4, -0.2) is 33.9 Å². The molecule has 1 saturated heterocycles. The van der Waals surface area contributed by atoms with Crippen molar-refractivity contribution in [3.63, 3.8) is 0 Å². The summed E-state index contributed by atoms with van der Waals surface area (Å²) in [4.78, 5) is 7.18. The Hall–Kier alpha value is -3.76. The minimum Gasteiger partial charge on any atom is -0.356 e. The van der Waals surface area contributed by atoms with Gasteiger partial charge in [-0.2, -0.15) is 10.4 Å². The highest BCUT2D eigenvalue weighted by molar-refractivity contribution is 5.88. The van der Waals surface area contributed by atoms with E-state index in [1.807, 2.05) is 49.6 Å². The van der Waals surface area contributed by atoms with E-state index in [0.717, 1.165) is 53.8 Å². The molecule has 7 heteroatoms. The van der Waals surface area contributed by atoms with Crippen LogP contribution in [0.5, 0.6) is 0 Å². The highest BCUT2D eigenvalue weighted by Crippen LogP contribution is 2.35. The number of benzene rings is 2. The van der Waals surface area contributed by atoms with Crippen LogP contribution >= 0.6 is 0 Å². The van der Waals surface area contributed by atoms with Crippen molar-refractivity contribution in [1.82, 2.24) is 14.8 Å². The third-order valence-corrected chi connectivity index (χ3v) is 6.04. The van der Waals surface area contributed by atoms with Gasteiger partial charge in [-0.15, -0.1) is 0 Å². The Labute approximate surface area is 185 Å². The van der Waals surface area contributed by atoms with Crippen molar-refractivity contribution in [2.24, 2.45) is 12.8 Å². The van der Waals surface area contributed by atoms with Gasteiger partial charge in [0.25, 0.3) is 0 Å². The number of rotatable bonds is 3. The molecule has 4 aromatic rings. The van der Waals surface area contributed by atoms with Gasteiger partial charge >= 0.3 is 0 Å². The lowest BCUT2D eigenvalue weighted by Gasteiger charge is -2.31. The molecule has 1 fully saturated rings. The van der Waals surface area contributed by atoms with Crippen LogP contribution in [0.25, 0.3) is 33.3 Å². The molecule has 0 saturated carbocycles. The first-order valence-corrected chi connectivity index (χ1v) is 10.7. The molecule has 160 valence electrons. The quantitative estimate of drug-likeness (QED) is 0.530. The van der Waals surface area contributed by atoms with Crippen LogP contribution in [0.4, 0.5) is 10.2 Å². The SMILES string of the molecule is Cn1cc2ccc(-c3ccc(N4CCC(N)CC4)nc3-c3ccc(C#N)c(F)c3)cc2n1. The topological polar surface area (TPSA) is 83.8 Å². The molecule has 0 radical (unpaired) electrons. The van der Waals surface area contributed by atoms with Crippen LogP contribution in [0.2, 0.25) is 0 Å². The lowest BCUT2D eigenvalue weighted by molar-refractivity contribution is 0.499. The Bertz CT molecular complexity index is 1340. The Morgan fingerprint density at radius 2 is 1.84 bits per heavy atom. The van der Waals surface area contributed by atoms with Crippen molar-refractivity contribution in [2.45, 2.75) is 18.9 Å². The molecule has 2 N–H and O–H groups in total. The van der Waals surface area contributed by atoms with Gasteiger partial charge < -0.3 is 10.6 Å². The van der Waals surface area contributed by atoms with Gasteiger partial charge in [-0.25, -0.2) is 9.37 Å². The summed E-state index contributed by atoms with van der Waals surface area (Å²) in [7, 11) is 1.89. The van der Waals surface area contributed by atoms with Crippen molar-refractivity contribution < 1.29 is 4.39 Å². The number of aryl methyl sites for hydroxylation is 1. The van der Waals surface area contributed by atoms with E-state index < -0.39 is 5.82 Å². The first-order valence-electron chi connectivity index (χ1n) is 10.7. The lowest BCUT2D eigenvalue weighted by atomic mass is 9.97. The van der Waals surface area contributed by atoms with Crippen LogP contribution in [0, 0.1) is 17.1 Å². The molecule has 5 rings (SSSR count). The summed E-state index contributed by atoms with van der Waals surface area (Å²) < 4.78 is 16.3. The average molecular weight is 426 g/mol. The van der Waals surface area contributed by atoms with Gasteiger partial charge in [0.1, 0.15) is 17.7 Å². The predicted molar refractivity (Wildman–Crippen MR) is 123 cm³/mol. The zero-order valence-electron chi connectivity index (χ0n) is 17.8. The summed E-state index contributed by atoms with van der Waals surface area (Å²) in [6.45, 7) is 1.68. The van der Waals surface area contributed by atoms with E-state index in [2.05, 4.69) is 10.00 Å². The third kappa shape index (κ3) is 3.70. The molecule has 2 aromatic heterocycles. The van der Waals surface area contributed by atoms with E-state index in [1.165, 1.54) is 12.1 Å². The van der Waals surface area contributed by atoms with Gasteiger partial charge in [-0.1, -0.05) is 18.2 Å². The van der Waals surface area contributed by atoms with Crippen LogP contribution in [0.15, 0.2) is 54.7 Å². The molecular weight excluding hydrogens is 403 g/mol. The van der Waals surface area contributed by atoms with Crippen LogP contribution in [0.1, 0.15) is 18.4 Å². The molecule has 6 nitrogen and oxygen atoms in total. The van der Waals surface area contributed by atoms with Gasteiger partial charge in [-0.3, -0.25) is 4.68 Å². The molecule has 0 atom stereocenters. The zero-order valence-corrected chi connectivity index (χ0v) is 17.8. The largest absolute Gasteiger partial charge is 0.356 e. The molecule has 0 bridgehead atoms. The number of anilines is 1. The van der Waals surface area contributed by atoms with Crippen LogP contribution in [-0.2, 0) is 7.05 Å². The second kappa shape index (κ2) is 8.06. The number of nitriles is 1. The van der Waals surface area contributed by atoms with Gasteiger partial charge in [-0.05, 0) is 48.7 Å². The highest BCUT2D eigenvalue weighted by Gasteiger charge is 2.20. The van der Waals surface area contributed by atoms with E-state index in [0.29, 0.717) is 11.3 Å². The Morgan fingerprint density at radius 3 is 2.59 bits per heavy atom. The van der Waals surface area contributed by atoms with Gasteiger partial charge in [0.2, 0.25) is 0 Å². The summed E-state index contributed by atoms with van der Waals surface area (Å²) in [5.74, 6) is 0.298. The van der Waals surface area contributed by atoms with Crippen LogP contribution in [0.3, 0.4) is 0 Å². The Balaban J connectivity index is 1.64. The molecular formula is C25H23FN6. The van der Waals surface area contributed by atoms with Gasteiger partial charge in [0.15, 0.2) is 0 Å². The molecule has 32 heavy (non-hydrogen) atoms. The highest BCUT2D eigenvalue weighted by atomic mass is 19.1. The van der Waals surface area contributed by atoms with Crippen molar-refractivity contribution in [3.05, 3.63) is 66.1 Å². The van der Waals surface area contributed by atoms with E-state index in [4.69, 9.17) is 16.0 Å².